The highest BCUT2D eigenvalue weighted by Crippen LogP contribution is 2.28. The number of nitrogens with zero attached hydrogens (tertiary/aromatic N) is 1. The summed E-state index contributed by atoms with van der Waals surface area (Å²) in [5, 5.41) is 22.5. The average Bonchev–Trinajstić information content (AvgIpc) is 2.39. The minimum Gasteiger partial charge on any atom is -0.478 e. The smallest absolute Gasteiger partial charge is 0.338 e. The van der Waals surface area contributed by atoms with Gasteiger partial charge in [-0.2, -0.15) is 11.8 Å². The number of rotatable bonds is 8. The van der Waals surface area contributed by atoms with Crippen LogP contribution in [0, 0.1) is 15.9 Å². The summed E-state index contributed by atoms with van der Waals surface area (Å²) in [6.07, 6.45) is 3.71. The van der Waals surface area contributed by atoms with Crippen molar-refractivity contribution in [1.29, 1.82) is 0 Å². The van der Waals surface area contributed by atoms with Gasteiger partial charge in [0.1, 0.15) is 11.5 Å². The van der Waals surface area contributed by atoms with Gasteiger partial charge in [-0.1, -0.05) is 0 Å². The van der Waals surface area contributed by atoms with E-state index in [9.17, 15) is 19.3 Å². The van der Waals surface area contributed by atoms with Crippen LogP contribution in [0.25, 0.3) is 0 Å². The Hall–Kier alpha value is -1.83. The molecule has 0 aromatic heterocycles. The molecule has 6 nitrogen and oxygen atoms in total. The second-order valence-electron chi connectivity index (χ2n) is 4.04. The Morgan fingerprint density at radius 3 is 2.75 bits per heavy atom. The zero-order chi connectivity index (χ0) is 15.1. The first-order valence-electron chi connectivity index (χ1n) is 5.91. The molecule has 0 aliphatic rings. The SMILES string of the molecule is CSCCCCNc1cc(C(=O)O)c(F)cc1[N+](=O)[O-]. The Bertz CT molecular complexity index is 510. The van der Waals surface area contributed by atoms with E-state index in [1.165, 1.54) is 0 Å². The lowest BCUT2D eigenvalue weighted by atomic mass is 10.1. The van der Waals surface area contributed by atoms with Crippen molar-refractivity contribution in [2.75, 3.05) is 23.9 Å². The van der Waals surface area contributed by atoms with Gasteiger partial charge in [0.05, 0.1) is 16.6 Å². The zero-order valence-corrected chi connectivity index (χ0v) is 11.7. The average molecular weight is 302 g/mol. The summed E-state index contributed by atoms with van der Waals surface area (Å²) < 4.78 is 13.4. The number of nitro benzene ring substituents is 1. The van der Waals surface area contributed by atoms with E-state index >= 15 is 0 Å². The number of halogens is 1. The van der Waals surface area contributed by atoms with Crippen molar-refractivity contribution in [3.05, 3.63) is 33.6 Å². The van der Waals surface area contributed by atoms with E-state index in [2.05, 4.69) is 5.32 Å². The summed E-state index contributed by atoms with van der Waals surface area (Å²) in [7, 11) is 0. The molecule has 1 aromatic carbocycles. The van der Waals surface area contributed by atoms with Crippen LogP contribution >= 0.6 is 11.8 Å². The molecule has 1 aromatic rings. The van der Waals surface area contributed by atoms with Gasteiger partial charge < -0.3 is 10.4 Å². The van der Waals surface area contributed by atoms with Crippen LogP contribution in [0.5, 0.6) is 0 Å². The molecule has 1 rings (SSSR count). The van der Waals surface area contributed by atoms with Crippen LogP contribution in [0.2, 0.25) is 0 Å². The summed E-state index contributed by atoms with van der Waals surface area (Å²) in [6.45, 7) is 0.464. The number of hydrogen-bond donors (Lipinski definition) is 2. The molecule has 0 bridgehead atoms. The minimum atomic E-state index is -1.46. The van der Waals surface area contributed by atoms with Crippen LogP contribution in [0.15, 0.2) is 12.1 Å². The van der Waals surface area contributed by atoms with E-state index in [0.717, 1.165) is 24.7 Å². The molecular weight excluding hydrogens is 287 g/mol. The monoisotopic (exact) mass is 302 g/mol. The number of aromatic carboxylic acids is 1. The molecule has 0 amide bonds. The summed E-state index contributed by atoms with van der Waals surface area (Å²) in [4.78, 5) is 20.9. The van der Waals surface area contributed by atoms with E-state index < -0.39 is 28.0 Å². The lowest BCUT2D eigenvalue weighted by Gasteiger charge is -2.08. The number of unbranched alkanes of at least 4 members (excludes halogenated alkanes) is 1. The third kappa shape index (κ3) is 4.37. The van der Waals surface area contributed by atoms with Crippen LogP contribution < -0.4 is 5.32 Å². The molecule has 0 aliphatic carbocycles. The van der Waals surface area contributed by atoms with Gasteiger partial charge in [-0.05, 0) is 30.9 Å². The molecule has 0 unspecified atom stereocenters. The second kappa shape index (κ2) is 7.68. The normalized spacial score (nSPS) is 10.3. The van der Waals surface area contributed by atoms with Crippen molar-refractivity contribution in [2.24, 2.45) is 0 Å². The fourth-order valence-corrected chi connectivity index (χ4v) is 2.11. The molecule has 8 heteroatoms. The third-order valence-electron chi connectivity index (χ3n) is 2.60. The van der Waals surface area contributed by atoms with Crippen molar-refractivity contribution >= 4 is 29.1 Å². The lowest BCUT2D eigenvalue weighted by Crippen LogP contribution is -2.08. The molecule has 110 valence electrons. The Kier molecular flexibility index (Phi) is 6.23. The fourth-order valence-electron chi connectivity index (χ4n) is 1.61. The number of thioether (sulfide) groups is 1. The highest BCUT2D eigenvalue weighted by molar-refractivity contribution is 7.98. The van der Waals surface area contributed by atoms with Gasteiger partial charge in [-0.3, -0.25) is 10.1 Å². The van der Waals surface area contributed by atoms with Crippen LogP contribution in [-0.4, -0.2) is 34.6 Å². The number of anilines is 1. The summed E-state index contributed by atoms with van der Waals surface area (Å²) in [5.41, 5.74) is -1.02. The Morgan fingerprint density at radius 2 is 2.20 bits per heavy atom. The Balaban J connectivity index is 2.88. The molecule has 0 fully saturated rings. The largest absolute Gasteiger partial charge is 0.478 e. The number of nitrogens with one attached hydrogen (secondary N) is 1. The highest BCUT2D eigenvalue weighted by atomic mass is 32.2. The van der Waals surface area contributed by atoms with Crippen molar-refractivity contribution < 1.29 is 19.2 Å². The van der Waals surface area contributed by atoms with Crippen LogP contribution in [0.4, 0.5) is 15.8 Å². The molecule has 0 atom stereocenters. The molecule has 20 heavy (non-hydrogen) atoms. The maximum absolute atomic E-state index is 13.4. The third-order valence-corrected chi connectivity index (χ3v) is 3.30. The second-order valence-corrected chi connectivity index (χ2v) is 5.02. The van der Waals surface area contributed by atoms with Gasteiger partial charge in [0, 0.05) is 6.54 Å². The van der Waals surface area contributed by atoms with Gasteiger partial charge >= 0.3 is 5.97 Å². The first-order chi connectivity index (χ1) is 9.47. The summed E-state index contributed by atoms with van der Waals surface area (Å²) in [5.74, 6) is -1.59. The van der Waals surface area contributed by atoms with E-state index in [1.807, 2.05) is 6.26 Å². The maximum atomic E-state index is 13.4. The first kappa shape index (κ1) is 16.2. The number of carbonyl (C=O) groups is 1. The molecule has 0 spiro atoms. The molecular formula is C12H15FN2O4S. The van der Waals surface area contributed by atoms with Gasteiger partial charge in [0.15, 0.2) is 0 Å². The predicted molar refractivity (Wildman–Crippen MR) is 76.1 cm³/mol. The van der Waals surface area contributed by atoms with E-state index in [-0.39, 0.29) is 5.69 Å². The molecule has 2 N–H and O–H groups in total. The standard InChI is InChI=1S/C12H15FN2O4S/c1-20-5-3-2-4-14-10-6-8(12(16)17)9(13)7-11(10)15(18)19/h6-7,14H,2-5H2,1H3,(H,16,17). The maximum Gasteiger partial charge on any atom is 0.338 e. The fraction of sp³-hybridized carbons (Fsp3) is 0.417. The topological polar surface area (TPSA) is 92.5 Å². The predicted octanol–water partition coefficient (Wildman–Crippen LogP) is 2.99. The summed E-state index contributed by atoms with van der Waals surface area (Å²) >= 11 is 1.70. The molecule has 0 saturated heterocycles. The van der Waals surface area contributed by atoms with Crippen LogP contribution in [0.3, 0.4) is 0 Å². The number of nitro groups is 1. The van der Waals surface area contributed by atoms with Crippen molar-refractivity contribution in [2.45, 2.75) is 12.8 Å². The van der Waals surface area contributed by atoms with E-state index in [1.54, 1.807) is 11.8 Å². The molecule has 0 saturated carbocycles. The molecule has 0 heterocycles. The van der Waals surface area contributed by atoms with Crippen molar-refractivity contribution in [3.63, 3.8) is 0 Å². The van der Waals surface area contributed by atoms with Gasteiger partial charge in [-0.25, -0.2) is 9.18 Å². The number of carboxylic acid groups (broad SMARTS) is 1. The highest BCUT2D eigenvalue weighted by Gasteiger charge is 2.21. The molecule has 0 radical (unpaired) electrons. The Morgan fingerprint density at radius 1 is 1.50 bits per heavy atom. The number of hydrogen-bond acceptors (Lipinski definition) is 5. The Labute approximate surface area is 119 Å². The summed E-state index contributed by atoms with van der Waals surface area (Å²) in [6, 6.07) is 1.60. The minimum absolute atomic E-state index is 0.0259. The van der Waals surface area contributed by atoms with Gasteiger partial charge in [0.25, 0.3) is 5.69 Å². The van der Waals surface area contributed by atoms with E-state index in [0.29, 0.717) is 12.6 Å². The van der Waals surface area contributed by atoms with Crippen LogP contribution in [-0.2, 0) is 0 Å². The van der Waals surface area contributed by atoms with E-state index in [4.69, 9.17) is 5.11 Å². The van der Waals surface area contributed by atoms with Crippen molar-refractivity contribution in [3.8, 4) is 0 Å². The van der Waals surface area contributed by atoms with Gasteiger partial charge in [0.2, 0.25) is 0 Å². The zero-order valence-electron chi connectivity index (χ0n) is 10.9. The number of benzene rings is 1. The van der Waals surface area contributed by atoms with Crippen molar-refractivity contribution in [1.82, 2.24) is 0 Å². The number of carboxylic acids is 1. The van der Waals surface area contributed by atoms with Crippen LogP contribution in [0.1, 0.15) is 23.2 Å². The lowest BCUT2D eigenvalue weighted by molar-refractivity contribution is -0.384. The molecule has 0 aliphatic heterocycles. The quantitative estimate of drug-likeness (QED) is 0.435. The first-order valence-corrected chi connectivity index (χ1v) is 7.30. The van der Waals surface area contributed by atoms with Gasteiger partial charge in [-0.15, -0.1) is 0 Å².